The highest BCUT2D eigenvalue weighted by atomic mass is 15.2. The first-order chi connectivity index (χ1) is 19.5. The Balaban J connectivity index is 1.45. The van der Waals surface area contributed by atoms with Crippen LogP contribution in [0.4, 0.5) is 22.7 Å². The van der Waals surface area contributed by atoms with Crippen LogP contribution in [-0.2, 0) is 5.41 Å². The molecule has 186 valence electrons. The van der Waals surface area contributed by atoms with Crippen molar-refractivity contribution in [1.82, 2.24) is 0 Å². The minimum atomic E-state index is -1.07. The summed E-state index contributed by atoms with van der Waals surface area (Å²) in [7, 11) is 0. The SMILES string of the molecule is [2H]C12CCCCC1([2H])N1c3cc(C(C)(C)C)cc4c3B(c3cccc2c31)c1cccc2c1N4C1([2H])CCCCC21[2H]. The monoisotopic (exact) mass is 488 g/mol. The van der Waals surface area contributed by atoms with E-state index in [4.69, 9.17) is 0 Å². The smallest absolute Gasteiger partial charge is 0.252 e. The Kier molecular flexibility index (Phi) is 3.38. The van der Waals surface area contributed by atoms with Crippen LogP contribution in [0.15, 0.2) is 48.5 Å². The van der Waals surface area contributed by atoms with Crippen molar-refractivity contribution in [2.45, 2.75) is 101 Å². The second-order valence-electron chi connectivity index (χ2n) is 13.0. The summed E-state index contributed by atoms with van der Waals surface area (Å²) in [5.74, 6) is -1.96. The van der Waals surface area contributed by atoms with Crippen molar-refractivity contribution in [3.63, 3.8) is 0 Å². The fourth-order valence-corrected chi connectivity index (χ4v) is 8.43. The van der Waals surface area contributed by atoms with Gasteiger partial charge >= 0.3 is 0 Å². The molecule has 4 heterocycles. The number of benzene rings is 3. The van der Waals surface area contributed by atoms with Gasteiger partial charge in [-0.2, -0.15) is 0 Å². The number of rotatable bonds is 0. The maximum absolute atomic E-state index is 10.1. The molecule has 2 fully saturated rings. The molecular weight excluding hydrogens is 447 g/mol. The lowest BCUT2D eigenvalue weighted by Gasteiger charge is -2.46. The third-order valence-electron chi connectivity index (χ3n) is 10.0. The second-order valence-corrected chi connectivity index (χ2v) is 13.0. The number of hydrogen-bond donors (Lipinski definition) is 0. The van der Waals surface area contributed by atoms with Crippen molar-refractivity contribution in [2.75, 3.05) is 9.80 Å². The van der Waals surface area contributed by atoms with E-state index in [1.807, 2.05) is 0 Å². The van der Waals surface area contributed by atoms with Crippen LogP contribution < -0.4 is 26.2 Å². The van der Waals surface area contributed by atoms with Crippen molar-refractivity contribution in [3.8, 4) is 0 Å². The van der Waals surface area contributed by atoms with Gasteiger partial charge in [0.15, 0.2) is 0 Å². The van der Waals surface area contributed by atoms with Crippen LogP contribution in [0.1, 0.15) is 106 Å². The summed E-state index contributed by atoms with van der Waals surface area (Å²) in [6.45, 7) is 6.70. The van der Waals surface area contributed by atoms with Crippen molar-refractivity contribution in [2.24, 2.45) is 0 Å². The lowest BCUT2D eigenvalue weighted by Crippen LogP contribution is -2.63. The number of nitrogens with zero attached hydrogens (tertiary/aromatic N) is 2. The van der Waals surface area contributed by atoms with E-state index < -0.39 is 23.8 Å². The molecule has 6 aliphatic rings. The van der Waals surface area contributed by atoms with Gasteiger partial charge in [-0.1, -0.05) is 82.9 Å². The summed E-state index contributed by atoms with van der Waals surface area (Å²) < 4.78 is 40.0. The summed E-state index contributed by atoms with van der Waals surface area (Å²) in [6, 6.07) is 15.4. The highest BCUT2D eigenvalue weighted by molar-refractivity contribution is 7.00. The van der Waals surface area contributed by atoms with Crippen LogP contribution in [0.2, 0.25) is 0 Å². The van der Waals surface area contributed by atoms with Gasteiger partial charge in [0.05, 0.1) is 2.74 Å². The van der Waals surface area contributed by atoms with E-state index in [1.54, 1.807) is 0 Å². The van der Waals surface area contributed by atoms with Crippen LogP contribution >= 0.6 is 0 Å². The van der Waals surface area contributed by atoms with Gasteiger partial charge in [0.1, 0.15) is 0 Å². The third kappa shape index (κ3) is 2.55. The Labute approximate surface area is 227 Å². The number of fused-ring (bicyclic) bond motifs is 10. The fourth-order valence-electron chi connectivity index (χ4n) is 8.43. The van der Waals surface area contributed by atoms with Gasteiger partial charge in [-0.05, 0) is 76.3 Å². The predicted octanol–water partition coefficient (Wildman–Crippen LogP) is 6.48. The first-order valence-corrected chi connectivity index (χ1v) is 14.5. The highest BCUT2D eigenvalue weighted by Crippen LogP contribution is 2.56. The number of para-hydroxylation sites is 2. The minimum Gasteiger partial charge on any atom is -0.338 e. The molecule has 4 aliphatic heterocycles. The summed E-state index contributed by atoms with van der Waals surface area (Å²) >= 11 is 0. The third-order valence-corrected chi connectivity index (χ3v) is 10.0. The molecule has 3 aromatic rings. The van der Waals surface area contributed by atoms with Crippen LogP contribution in [0.3, 0.4) is 0 Å². The van der Waals surface area contributed by atoms with Crippen molar-refractivity contribution >= 4 is 45.9 Å². The lowest BCUT2D eigenvalue weighted by atomic mass is 9.33. The largest absolute Gasteiger partial charge is 0.338 e. The average molecular weight is 489 g/mol. The summed E-state index contributed by atoms with van der Waals surface area (Å²) in [4.78, 5) is 4.54. The Bertz CT molecular complexity index is 1590. The van der Waals surface area contributed by atoms with Gasteiger partial charge < -0.3 is 9.80 Å². The molecule has 2 nitrogen and oxygen atoms in total. The van der Waals surface area contributed by atoms with Gasteiger partial charge in [0, 0.05) is 49.3 Å². The molecule has 9 rings (SSSR count). The van der Waals surface area contributed by atoms with Crippen molar-refractivity contribution in [1.29, 1.82) is 0 Å². The summed E-state index contributed by atoms with van der Waals surface area (Å²) in [6.07, 6.45) is 6.65. The van der Waals surface area contributed by atoms with E-state index in [9.17, 15) is 5.48 Å². The molecule has 0 spiro atoms. The van der Waals surface area contributed by atoms with Gasteiger partial charge in [0.25, 0.3) is 6.71 Å². The molecule has 4 atom stereocenters. The molecule has 0 aromatic heterocycles. The van der Waals surface area contributed by atoms with E-state index in [0.717, 1.165) is 59.6 Å². The van der Waals surface area contributed by atoms with Gasteiger partial charge in [-0.15, -0.1) is 0 Å². The van der Waals surface area contributed by atoms with E-state index in [1.165, 1.54) is 22.0 Å². The molecule has 0 saturated heterocycles. The van der Waals surface area contributed by atoms with E-state index in [-0.39, 0.29) is 12.1 Å². The lowest BCUT2D eigenvalue weighted by molar-refractivity contribution is 0.401. The zero-order valence-corrected chi connectivity index (χ0v) is 22.2. The minimum absolute atomic E-state index is 0.0360. The Morgan fingerprint density at radius 3 is 1.70 bits per heavy atom. The van der Waals surface area contributed by atoms with E-state index in [0.29, 0.717) is 25.7 Å². The Morgan fingerprint density at radius 1 is 0.730 bits per heavy atom. The quantitative estimate of drug-likeness (QED) is 0.334. The molecule has 37 heavy (non-hydrogen) atoms. The average Bonchev–Trinajstić information content (AvgIpc) is 3.29. The Hall–Kier alpha value is -2.68. The molecule has 2 aliphatic carbocycles. The van der Waals surface area contributed by atoms with Crippen LogP contribution in [0.25, 0.3) is 0 Å². The Morgan fingerprint density at radius 2 is 1.22 bits per heavy atom. The molecule has 2 saturated carbocycles. The molecule has 3 aromatic carbocycles. The van der Waals surface area contributed by atoms with Crippen LogP contribution in [0, 0.1) is 0 Å². The maximum atomic E-state index is 10.1. The maximum Gasteiger partial charge on any atom is 0.252 e. The van der Waals surface area contributed by atoms with Crippen LogP contribution in [-0.4, -0.2) is 18.7 Å². The molecular formula is C34H37BN2. The molecule has 0 amide bonds. The fraction of sp³-hybridized carbons (Fsp3) is 0.471. The second kappa shape index (κ2) is 7.04. The van der Waals surface area contributed by atoms with Crippen molar-refractivity contribution < 1.29 is 5.48 Å². The standard InChI is InChI=1S/C34H37BN2/c1-34(2,3)20-18-29-31-30(19-20)37-28-17-7-5-11-22(28)24-13-9-15-26(33(24)37)35(31)25-14-8-12-23-21-10-4-6-16-27(21)36(29)32(23)25/h8-9,12-15,18-19,21-22,27-28H,4-7,10-11,16-17H2,1-3H3/i21D,22D,27D,28D. The first kappa shape index (κ1) is 17.8. The van der Waals surface area contributed by atoms with Crippen molar-refractivity contribution in [3.05, 3.63) is 65.2 Å². The van der Waals surface area contributed by atoms with Crippen LogP contribution in [0.5, 0.6) is 0 Å². The molecule has 4 unspecified atom stereocenters. The van der Waals surface area contributed by atoms with Gasteiger partial charge in [-0.3, -0.25) is 0 Å². The zero-order valence-electron chi connectivity index (χ0n) is 26.2. The molecule has 0 N–H and O–H groups in total. The van der Waals surface area contributed by atoms with E-state index >= 15 is 0 Å². The topological polar surface area (TPSA) is 6.48 Å². The number of anilines is 4. The first-order valence-electron chi connectivity index (χ1n) is 16.5. The number of hydrogen-bond acceptors (Lipinski definition) is 2. The zero-order chi connectivity index (χ0) is 28.3. The van der Waals surface area contributed by atoms with Gasteiger partial charge in [-0.25, -0.2) is 0 Å². The predicted molar refractivity (Wildman–Crippen MR) is 157 cm³/mol. The molecule has 0 bridgehead atoms. The molecule has 3 heteroatoms. The molecule has 0 radical (unpaired) electrons. The summed E-state index contributed by atoms with van der Waals surface area (Å²) in [5.41, 5.74) is 10.9. The normalized spacial score (nSPS) is 37.4. The van der Waals surface area contributed by atoms with E-state index in [2.05, 4.69) is 79.1 Å². The van der Waals surface area contributed by atoms with Gasteiger partial charge in [0.2, 0.25) is 0 Å². The summed E-state index contributed by atoms with van der Waals surface area (Å²) in [5, 5.41) is 0. The highest BCUT2D eigenvalue weighted by Gasteiger charge is 2.53.